The minimum atomic E-state index is -0.530. The molecule has 4 aromatic carbocycles. The zero-order valence-electron chi connectivity index (χ0n) is 26.0. The van der Waals surface area contributed by atoms with Gasteiger partial charge in [0.05, 0.1) is 18.8 Å². The van der Waals surface area contributed by atoms with E-state index in [1.165, 1.54) is 11.6 Å². The van der Waals surface area contributed by atoms with Gasteiger partial charge in [-0.1, -0.05) is 110 Å². The Morgan fingerprint density at radius 2 is 1.69 bits per heavy atom. The molecule has 1 saturated heterocycles. The SMILES string of the molecule is C=CCOC(=O)NCc1cccc(-c2ccc(C3OC(CN(C)C(C)c4ccccc4)CC(c4ccc(CO)cc4)O3)cc2)c1. The summed E-state index contributed by atoms with van der Waals surface area (Å²) in [4.78, 5) is 14.2. The summed E-state index contributed by atoms with van der Waals surface area (Å²) in [6, 6.07) is 35.0. The van der Waals surface area contributed by atoms with Gasteiger partial charge in [-0.15, -0.1) is 0 Å². The number of benzene rings is 4. The van der Waals surface area contributed by atoms with Crippen LogP contribution in [0.15, 0.2) is 116 Å². The maximum atomic E-state index is 11.8. The molecule has 2 N–H and O–H groups in total. The van der Waals surface area contributed by atoms with Gasteiger partial charge in [0.25, 0.3) is 0 Å². The van der Waals surface area contributed by atoms with E-state index in [0.717, 1.165) is 46.3 Å². The molecule has 1 amide bonds. The van der Waals surface area contributed by atoms with Crippen LogP contribution in [0.2, 0.25) is 0 Å². The van der Waals surface area contributed by atoms with E-state index < -0.39 is 12.4 Å². The number of likely N-dealkylation sites (N-methyl/N-ethyl adjacent to an activating group) is 1. The highest BCUT2D eigenvalue weighted by atomic mass is 16.7. The maximum absolute atomic E-state index is 11.8. The fourth-order valence-corrected chi connectivity index (χ4v) is 5.55. The number of ether oxygens (including phenoxy) is 3. The van der Waals surface area contributed by atoms with Crippen LogP contribution in [0.4, 0.5) is 4.79 Å². The number of rotatable bonds is 12. The Morgan fingerprint density at radius 1 is 0.956 bits per heavy atom. The second-order valence-electron chi connectivity index (χ2n) is 11.4. The Balaban J connectivity index is 1.31. The molecule has 234 valence electrons. The number of hydrogen-bond acceptors (Lipinski definition) is 6. The molecule has 1 heterocycles. The number of nitrogens with zero attached hydrogens (tertiary/aromatic N) is 1. The van der Waals surface area contributed by atoms with Crippen LogP contribution in [-0.2, 0) is 27.4 Å². The molecule has 0 spiro atoms. The summed E-state index contributed by atoms with van der Waals surface area (Å²) >= 11 is 0. The van der Waals surface area contributed by atoms with Gasteiger partial charge in [-0.3, -0.25) is 4.90 Å². The lowest BCUT2D eigenvalue weighted by molar-refractivity contribution is -0.253. The number of amides is 1. The van der Waals surface area contributed by atoms with E-state index in [9.17, 15) is 9.90 Å². The van der Waals surface area contributed by atoms with Crippen molar-refractivity contribution >= 4 is 6.09 Å². The molecule has 7 nitrogen and oxygen atoms in total. The van der Waals surface area contributed by atoms with Crippen LogP contribution in [0.5, 0.6) is 0 Å². The van der Waals surface area contributed by atoms with Crippen molar-refractivity contribution in [3.8, 4) is 11.1 Å². The molecule has 7 heteroatoms. The maximum Gasteiger partial charge on any atom is 0.407 e. The van der Waals surface area contributed by atoms with E-state index in [1.54, 1.807) is 0 Å². The zero-order chi connectivity index (χ0) is 31.6. The first-order chi connectivity index (χ1) is 21.9. The van der Waals surface area contributed by atoms with Gasteiger partial charge in [0.1, 0.15) is 6.61 Å². The number of alkyl carbamates (subject to hydrolysis) is 1. The van der Waals surface area contributed by atoms with Crippen molar-refractivity contribution in [3.63, 3.8) is 0 Å². The predicted molar refractivity (Wildman–Crippen MR) is 176 cm³/mol. The van der Waals surface area contributed by atoms with Gasteiger partial charge in [0, 0.05) is 31.1 Å². The molecule has 1 fully saturated rings. The third kappa shape index (κ3) is 8.68. The second-order valence-corrected chi connectivity index (χ2v) is 11.4. The smallest absolute Gasteiger partial charge is 0.407 e. The lowest BCUT2D eigenvalue weighted by Crippen LogP contribution is -2.38. The summed E-state index contributed by atoms with van der Waals surface area (Å²) in [6.45, 7) is 7.08. The van der Waals surface area contributed by atoms with Crippen LogP contribution in [-0.4, -0.2) is 42.4 Å². The predicted octanol–water partition coefficient (Wildman–Crippen LogP) is 7.50. The van der Waals surface area contributed by atoms with Crippen LogP contribution in [0, 0.1) is 0 Å². The number of nitrogens with one attached hydrogen (secondary N) is 1. The van der Waals surface area contributed by atoms with Gasteiger partial charge in [0.15, 0.2) is 6.29 Å². The monoisotopic (exact) mass is 606 g/mol. The fraction of sp³-hybridized carbons (Fsp3) is 0.289. The minimum absolute atomic E-state index is 0.0103. The highest BCUT2D eigenvalue weighted by molar-refractivity contribution is 5.68. The molecule has 0 saturated carbocycles. The van der Waals surface area contributed by atoms with E-state index in [2.05, 4.69) is 85.4 Å². The molecule has 0 aliphatic carbocycles. The number of aliphatic hydroxyl groups excluding tert-OH is 1. The van der Waals surface area contributed by atoms with Crippen LogP contribution in [0.1, 0.15) is 59.6 Å². The normalized spacial score (nSPS) is 18.7. The standard InChI is InChI=1S/C38H42N2O5/c1-4-21-43-38(42)39-24-29-9-8-12-34(22-29)31-17-19-33(20-18-31)37-44-35(25-40(3)27(2)30-10-6-5-7-11-30)23-36(45-37)32-15-13-28(26-41)14-16-32/h4-20,22,27,35-37,41H,1,21,23-26H2,2-3H3,(H,39,42). The molecule has 0 bridgehead atoms. The second kappa shape index (κ2) is 15.6. The van der Waals surface area contributed by atoms with Crippen LogP contribution in [0.25, 0.3) is 11.1 Å². The van der Waals surface area contributed by atoms with Crippen molar-refractivity contribution in [1.82, 2.24) is 10.2 Å². The van der Waals surface area contributed by atoms with Crippen molar-refractivity contribution in [2.75, 3.05) is 20.2 Å². The summed E-state index contributed by atoms with van der Waals surface area (Å²) in [7, 11) is 2.14. The van der Waals surface area contributed by atoms with Crippen molar-refractivity contribution < 1.29 is 24.1 Å². The average molecular weight is 607 g/mol. The molecular weight excluding hydrogens is 564 g/mol. The van der Waals surface area contributed by atoms with Gasteiger partial charge in [-0.2, -0.15) is 0 Å². The quantitative estimate of drug-likeness (QED) is 0.163. The van der Waals surface area contributed by atoms with Crippen molar-refractivity contribution in [1.29, 1.82) is 0 Å². The van der Waals surface area contributed by atoms with Crippen molar-refractivity contribution in [3.05, 3.63) is 144 Å². The Hall–Kier alpha value is -4.27. The Kier molecular flexibility index (Phi) is 11.2. The van der Waals surface area contributed by atoms with Crippen molar-refractivity contribution in [2.24, 2.45) is 0 Å². The summed E-state index contributed by atoms with van der Waals surface area (Å²) < 4.78 is 18.2. The van der Waals surface area contributed by atoms with Gasteiger partial charge in [0.2, 0.25) is 0 Å². The van der Waals surface area contributed by atoms with Crippen LogP contribution >= 0.6 is 0 Å². The molecule has 4 atom stereocenters. The van der Waals surface area contributed by atoms with Crippen LogP contribution in [0.3, 0.4) is 0 Å². The molecule has 4 aromatic rings. The average Bonchev–Trinajstić information content (AvgIpc) is 3.10. The van der Waals surface area contributed by atoms with Gasteiger partial charge < -0.3 is 24.6 Å². The Morgan fingerprint density at radius 3 is 2.40 bits per heavy atom. The van der Waals surface area contributed by atoms with E-state index >= 15 is 0 Å². The van der Waals surface area contributed by atoms with E-state index in [4.69, 9.17) is 14.2 Å². The number of aliphatic hydroxyl groups is 1. The van der Waals surface area contributed by atoms with Crippen molar-refractivity contribution in [2.45, 2.75) is 51.0 Å². The molecule has 1 aliphatic rings. The Labute approximate surface area is 266 Å². The molecule has 4 unspecified atom stereocenters. The molecule has 5 rings (SSSR count). The highest BCUT2D eigenvalue weighted by Crippen LogP contribution is 2.39. The lowest BCUT2D eigenvalue weighted by atomic mass is 9.98. The third-order valence-electron chi connectivity index (χ3n) is 8.26. The number of carbonyl (C=O) groups is 1. The topological polar surface area (TPSA) is 80.3 Å². The molecule has 0 radical (unpaired) electrons. The highest BCUT2D eigenvalue weighted by Gasteiger charge is 2.33. The van der Waals surface area contributed by atoms with Gasteiger partial charge >= 0.3 is 6.09 Å². The zero-order valence-corrected chi connectivity index (χ0v) is 26.0. The van der Waals surface area contributed by atoms with E-state index in [1.807, 2.05) is 48.5 Å². The first-order valence-electron chi connectivity index (χ1n) is 15.4. The first-order valence-corrected chi connectivity index (χ1v) is 15.4. The molecular formula is C38H42N2O5. The number of hydrogen-bond donors (Lipinski definition) is 2. The summed E-state index contributed by atoms with van der Waals surface area (Å²) in [5.74, 6) is 0. The van der Waals surface area contributed by atoms with E-state index in [0.29, 0.717) is 6.54 Å². The minimum Gasteiger partial charge on any atom is -0.445 e. The molecule has 1 aliphatic heterocycles. The summed E-state index contributed by atoms with van der Waals surface area (Å²) in [5.41, 5.74) is 7.22. The molecule has 0 aromatic heterocycles. The summed E-state index contributed by atoms with van der Waals surface area (Å²) in [6.07, 6.45) is 1.05. The lowest BCUT2D eigenvalue weighted by Gasteiger charge is -2.39. The fourth-order valence-electron chi connectivity index (χ4n) is 5.55. The largest absolute Gasteiger partial charge is 0.445 e. The van der Waals surface area contributed by atoms with Crippen LogP contribution < -0.4 is 5.32 Å². The Bertz CT molecular complexity index is 1520. The van der Waals surface area contributed by atoms with E-state index in [-0.39, 0.29) is 31.5 Å². The molecule has 45 heavy (non-hydrogen) atoms. The number of carbonyl (C=O) groups excluding carboxylic acids is 1. The van der Waals surface area contributed by atoms with Gasteiger partial charge in [-0.25, -0.2) is 4.79 Å². The van der Waals surface area contributed by atoms with Gasteiger partial charge in [-0.05, 0) is 53.4 Å². The third-order valence-corrected chi connectivity index (χ3v) is 8.26. The first kappa shape index (κ1) is 32.1. The summed E-state index contributed by atoms with van der Waals surface area (Å²) in [5, 5.41) is 12.3.